The Bertz CT molecular complexity index is 2100. The van der Waals surface area contributed by atoms with Crippen LogP contribution in [-0.2, 0) is 70.2 Å². The molecule has 358 valence electrons. The predicted molar refractivity (Wildman–Crippen MR) is 214 cm³/mol. The first kappa shape index (κ1) is 56.3. The van der Waals surface area contributed by atoms with Crippen LogP contribution in [0.1, 0.15) is 56.1 Å². The lowest BCUT2D eigenvalue weighted by molar-refractivity contribution is -0.244. The maximum atomic E-state index is 13.7. The molecular formula is C33H37F12I2N10O6P. The molecular weight excluding hydrogens is 1150 g/mol. The van der Waals surface area contributed by atoms with Gasteiger partial charge in [-0.1, -0.05) is 7.43 Å². The van der Waals surface area contributed by atoms with Gasteiger partial charge >= 0.3 is 20.6 Å². The Morgan fingerprint density at radius 3 is 1.30 bits per heavy atom. The van der Waals surface area contributed by atoms with Crippen molar-refractivity contribution < 1.29 is 83.1 Å². The first-order valence-electron chi connectivity index (χ1n) is 17.3. The number of fused-ring (bicyclic) bond motifs is 2. The van der Waals surface area contributed by atoms with E-state index >= 15 is 0 Å². The van der Waals surface area contributed by atoms with Crippen LogP contribution in [0.15, 0.2) is 24.3 Å². The van der Waals surface area contributed by atoms with Crippen LogP contribution in [-0.4, -0.2) is 81.6 Å². The number of carbonyl (C=O) groups is 2. The SMILES string of the molecule is C.II.N[C@@H](CC(=O)N1CCn2c(nnc2C(F)(F)F)C1)Cc1cc(F)c(F)cc1F.N[C@@H](CC(=O)N1CCn2c(nnc2C(F)(F)F)C1)Cc1cc(F)c(F)cc1F.O=[P+]([O-])OO.[HH]. The van der Waals surface area contributed by atoms with E-state index in [-0.39, 0.29) is 96.6 Å². The van der Waals surface area contributed by atoms with E-state index in [0.29, 0.717) is 24.3 Å². The molecule has 2 aliphatic heterocycles. The van der Waals surface area contributed by atoms with E-state index in [9.17, 15) is 62.3 Å². The summed E-state index contributed by atoms with van der Waals surface area (Å²) in [5.41, 5.74) is 11.3. The summed E-state index contributed by atoms with van der Waals surface area (Å²) in [7, 11) is -3.04. The highest BCUT2D eigenvalue weighted by molar-refractivity contribution is 15.0. The van der Waals surface area contributed by atoms with Gasteiger partial charge in [0.05, 0.1) is 13.1 Å². The quantitative estimate of drug-likeness (QED) is 0.0427. The molecule has 3 atom stereocenters. The molecule has 4 aromatic rings. The Labute approximate surface area is 380 Å². The first-order valence-corrected chi connectivity index (χ1v) is 24.7. The van der Waals surface area contributed by atoms with Gasteiger partial charge in [-0.25, -0.2) is 31.6 Å². The molecule has 2 amide bonds. The second-order valence-electron chi connectivity index (χ2n) is 13.2. The fraction of sp³-hybridized carbons (Fsp3) is 0.455. The summed E-state index contributed by atoms with van der Waals surface area (Å²) in [5.74, 6) is -10.3. The molecule has 0 bridgehead atoms. The number of benzene rings is 2. The van der Waals surface area contributed by atoms with Crippen molar-refractivity contribution in [3.63, 3.8) is 0 Å². The van der Waals surface area contributed by atoms with Crippen LogP contribution in [0.3, 0.4) is 0 Å². The molecule has 2 aliphatic rings. The van der Waals surface area contributed by atoms with E-state index in [4.69, 9.17) is 26.2 Å². The summed E-state index contributed by atoms with van der Waals surface area (Å²) in [6, 6.07) is 0.368. The van der Waals surface area contributed by atoms with Crippen LogP contribution in [0, 0.1) is 34.9 Å². The Kier molecular flexibility index (Phi) is 21.7. The molecule has 0 saturated heterocycles. The number of aromatic nitrogens is 6. The number of amides is 2. The molecule has 0 saturated carbocycles. The van der Waals surface area contributed by atoms with Crippen LogP contribution in [0.2, 0.25) is 0 Å². The van der Waals surface area contributed by atoms with Gasteiger partial charge in [-0.05, 0) is 40.7 Å². The second kappa shape index (κ2) is 24.6. The average molecular weight is 1180 g/mol. The lowest BCUT2D eigenvalue weighted by Gasteiger charge is -2.29. The summed E-state index contributed by atoms with van der Waals surface area (Å²) < 4.78 is 170. The maximum absolute atomic E-state index is 13.7. The Morgan fingerprint density at radius 1 is 0.688 bits per heavy atom. The summed E-state index contributed by atoms with van der Waals surface area (Å²) in [4.78, 5) is 36.2. The van der Waals surface area contributed by atoms with E-state index < -0.39 is 91.1 Å². The molecule has 0 aliphatic carbocycles. The van der Waals surface area contributed by atoms with Gasteiger partial charge in [0.15, 0.2) is 34.9 Å². The standard InChI is InChI=1S/2C16H15F6N5O.CH4.I2.HO4P.H2/c2*17-10-6-12(19)11(18)4-8(10)3-9(23)5-14(28)26-1-2-27-13(7-26)24-25-15(27)16(20,21)22;;1-2;1-4-5(2)3;/h2*4,6,9H,1-3,5,7,23H2;1H4;;1H;1H/t2*9-;;;;/m11..../s1. The summed E-state index contributed by atoms with van der Waals surface area (Å²) >= 11 is 4.24. The van der Waals surface area contributed by atoms with Crippen LogP contribution in [0.4, 0.5) is 52.7 Å². The van der Waals surface area contributed by atoms with E-state index in [2.05, 4.69) is 62.3 Å². The molecule has 64 heavy (non-hydrogen) atoms. The van der Waals surface area contributed by atoms with Gasteiger partial charge in [0.1, 0.15) is 11.6 Å². The van der Waals surface area contributed by atoms with E-state index in [1.165, 1.54) is 9.80 Å². The van der Waals surface area contributed by atoms with Gasteiger partial charge in [-0.2, -0.15) is 26.3 Å². The molecule has 2 aromatic carbocycles. The molecule has 1 unspecified atom stereocenters. The Morgan fingerprint density at radius 2 is 1.00 bits per heavy atom. The van der Waals surface area contributed by atoms with Crippen molar-refractivity contribution in [1.82, 2.24) is 39.3 Å². The van der Waals surface area contributed by atoms with Gasteiger partial charge in [0.25, 0.3) is 0 Å². The van der Waals surface area contributed by atoms with Crippen molar-refractivity contribution in [3.8, 4) is 0 Å². The van der Waals surface area contributed by atoms with E-state index in [1.54, 1.807) is 0 Å². The Hall–Kier alpha value is -3.82. The van der Waals surface area contributed by atoms with Crippen molar-refractivity contribution in [2.75, 3.05) is 13.1 Å². The number of nitrogens with two attached hydrogens (primary N) is 2. The minimum atomic E-state index is -4.64. The molecule has 0 spiro atoms. The van der Waals surface area contributed by atoms with Gasteiger partial charge in [0.2, 0.25) is 23.5 Å². The van der Waals surface area contributed by atoms with Crippen LogP contribution >= 0.6 is 45.5 Å². The van der Waals surface area contributed by atoms with Crippen LogP contribution in [0.5, 0.6) is 0 Å². The zero-order chi connectivity index (χ0) is 47.6. The summed E-state index contributed by atoms with van der Waals surface area (Å²) in [6.07, 6.45) is -10.2. The highest BCUT2D eigenvalue weighted by Gasteiger charge is 2.41. The summed E-state index contributed by atoms with van der Waals surface area (Å²) in [5, 5.41) is 20.2. The van der Waals surface area contributed by atoms with Gasteiger partial charge in [-0.3, -0.25) is 9.59 Å². The third kappa shape index (κ3) is 15.7. The molecule has 4 heterocycles. The predicted octanol–water partition coefficient (Wildman–Crippen LogP) is 6.18. The van der Waals surface area contributed by atoms with Gasteiger partial charge < -0.3 is 35.3 Å². The third-order valence-corrected chi connectivity index (χ3v) is 8.94. The molecule has 6 rings (SSSR count). The van der Waals surface area contributed by atoms with E-state index in [0.717, 1.165) is 9.13 Å². The third-order valence-electron chi connectivity index (χ3n) is 8.80. The van der Waals surface area contributed by atoms with Gasteiger partial charge in [0, 0.05) is 107 Å². The first-order chi connectivity index (χ1) is 29.4. The second-order valence-corrected chi connectivity index (χ2v) is 13.8. The van der Waals surface area contributed by atoms with Crippen molar-refractivity contribution in [3.05, 3.63) is 93.6 Å². The molecule has 5 N–H and O–H groups in total. The highest BCUT2D eigenvalue weighted by atomic mass is 128. The van der Waals surface area contributed by atoms with E-state index in [1.807, 2.05) is 0 Å². The number of hydrogen-bond acceptors (Lipinski definition) is 12. The fourth-order valence-electron chi connectivity index (χ4n) is 6.02. The lowest BCUT2D eigenvalue weighted by Crippen LogP contribution is -2.42. The maximum Gasteiger partial charge on any atom is 0.521 e. The van der Waals surface area contributed by atoms with Crippen LogP contribution in [0.25, 0.3) is 0 Å². The Balaban J connectivity index is 0.000000554. The topological polar surface area (TPSA) is 224 Å². The zero-order valence-electron chi connectivity index (χ0n) is 31.5. The smallest absolute Gasteiger partial charge is 0.521 e. The molecule has 0 radical (unpaired) electrons. The minimum absolute atomic E-state index is 0. The lowest BCUT2D eigenvalue weighted by atomic mass is 10.0. The normalized spacial score (nSPS) is 14.5. The molecule has 16 nitrogen and oxygen atoms in total. The fourth-order valence-corrected chi connectivity index (χ4v) is 6.02. The molecule has 31 heteroatoms. The number of rotatable bonds is 9. The largest absolute Gasteiger partial charge is 0.565 e. The highest BCUT2D eigenvalue weighted by Crippen LogP contribution is 2.31. The minimum Gasteiger partial charge on any atom is -0.565 e. The van der Waals surface area contributed by atoms with Crippen molar-refractivity contribution in [2.24, 2.45) is 11.5 Å². The summed E-state index contributed by atoms with van der Waals surface area (Å²) in [6.45, 7) is -0.604. The number of carbonyl (C=O) groups excluding carboxylic acids is 2. The number of halogens is 14. The molecule has 2 aromatic heterocycles. The number of nitrogens with zero attached hydrogens (tertiary/aromatic N) is 8. The molecule has 0 fully saturated rings. The average Bonchev–Trinajstić information content (AvgIpc) is 3.85. The zero-order valence-corrected chi connectivity index (χ0v) is 36.7. The number of hydrogen-bond donors (Lipinski definition) is 3. The van der Waals surface area contributed by atoms with Crippen molar-refractivity contribution in [1.29, 1.82) is 0 Å². The van der Waals surface area contributed by atoms with Gasteiger partial charge in [-0.15, -0.1) is 20.4 Å². The number of alkyl halides is 6. The van der Waals surface area contributed by atoms with Crippen LogP contribution < -0.4 is 16.4 Å². The van der Waals surface area contributed by atoms with Crippen molar-refractivity contribution in [2.45, 2.75) is 83.7 Å². The monoisotopic (exact) mass is 1180 g/mol. The van der Waals surface area contributed by atoms with Crippen molar-refractivity contribution >= 4 is 57.3 Å².